The van der Waals surface area contributed by atoms with Crippen LogP contribution >= 0.6 is 0 Å². The van der Waals surface area contributed by atoms with Crippen LogP contribution < -0.4 is 0 Å². The Kier molecular flexibility index (Phi) is 3.29. The summed E-state index contributed by atoms with van der Waals surface area (Å²) in [7, 11) is 0. The third-order valence-corrected chi connectivity index (χ3v) is 2.29. The van der Waals surface area contributed by atoms with Crippen LogP contribution in [0.5, 0.6) is 0 Å². The second-order valence-corrected chi connectivity index (χ2v) is 5.11. The molecule has 14 heavy (non-hydrogen) atoms. The molecule has 0 aliphatic carbocycles. The fourth-order valence-corrected chi connectivity index (χ4v) is 1.51. The molecule has 0 atom stereocenters. The lowest BCUT2D eigenvalue weighted by molar-refractivity contribution is -0.138. The Morgan fingerprint density at radius 2 is 2.07 bits per heavy atom. The van der Waals surface area contributed by atoms with E-state index in [1.54, 1.807) is 4.90 Å². The van der Waals surface area contributed by atoms with Crippen LogP contribution in [0.3, 0.4) is 0 Å². The first-order valence-corrected chi connectivity index (χ1v) is 4.97. The minimum absolute atomic E-state index is 0.0398. The van der Waals surface area contributed by atoms with E-state index in [9.17, 15) is 9.18 Å². The maximum Gasteiger partial charge on any atom is 0.223 e. The highest BCUT2D eigenvalue weighted by Crippen LogP contribution is 2.24. The molecule has 2 nitrogen and oxygen atoms in total. The number of carbonyl (C=O) groups is 1. The van der Waals surface area contributed by atoms with Crippen molar-refractivity contribution in [3.05, 3.63) is 12.4 Å². The van der Waals surface area contributed by atoms with E-state index in [2.05, 4.69) is 0 Å². The van der Waals surface area contributed by atoms with Gasteiger partial charge in [0.25, 0.3) is 0 Å². The molecular weight excluding hydrogens is 181 g/mol. The van der Waals surface area contributed by atoms with Crippen LogP contribution in [0.1, 0.15) is 27.2 Å². The minimum atomic E-state index is 0.0398. The lowest BCUT2D eigenvalue weighted by Gasteiger charge is -2.38. The van der Waals surface area contributed by atoms with E-state index in [1.165, 1.54) is 6.08 Å². The van der Waals surface area contributed by atoms with Crippen molar-refractivity contribution in [2.75, 3.05) is 13.1 Å². The summed E-state index contributed by atoms with van der Waals surface area (Å²) in [5.41, 5.74) is 0.0398. The summed E-state index contributed by atoms with van der Waals surface area (Å²) in [5, 5.41) is 0. The minimum Gasteiger partial charge on any atom is -0.341 e. The SMILES string of the molecule is CC(C)(C)CC(=O)N1CC(/C=C\F)C1. The Bertz CT molecular complexity index is 236. The predicted octanol–water partition coefficient (Wildman–Crippen LogP) is 2.36. The van der Waals surface area contributed by atoms with E-state index in [1.807, 2.05) is 20.8 Å². The van der Waals surface area contributed by atoms with Gasteiger partial charge in [-0.05, 0) is 11.5 Å². The fourth-order valence-electron chi connectivity index (χ4n) is 1.51. The van der Waals surface area contributed by atoms with Gasteiger partial charge < -0.3 is 4.90 Å². The van der Waals surface area contributed by atoms with E-state index < -0.39 is 0 Å². The molecule has 0 unspecified atom stereocenters. The van der Waals surface area contributed by atoms with Gasteiger partial charge in [-0.1, -0.05) is 20.8 Å². The summed E-state index contributed by atoms with van der Waals surface area (Å²) in [4.78, 5) is 13.4. The van der Waals surface area contributed by atoms with Crippen LogP contribution in [0.4, 0.5) is 4.39 Å². The molecule has 0 bridgehead atoms. The van der Waals surface area contributed by atoms with Crippen LogP contribution in [0, 0.1) is 11.3 Å². The van der Waals surface area contributed by atoms with Gasteiger partial charge in [0.1, 0.15) is 0 Å². The van der Waals surface area contributed by atoms with Gasteiger partial charge in [0, 0.05) is 25.4 Å². The molecule has 1 saturated heterocycles. The highest BCUT2D eigenvalue weighted by Gasteiger charge is 2.30. The second kappa shape index (κ2) is 4.11. The molecule has 1 aliphatic rings. The molecule has 0 aromatic heterocycles. The van der Waals surface area contributed by atoms with Crippen LogP contribution in [0.25, 0.3) is 0 Å². The molecule has 3 heteroatoms. The van der Waals surface area contributed by atoms with Crippen molar-refractivity contribution in [1.29, 1.82) is 0 Å². The average molecular weight is 199 g/mol. The van der Waals surface area contributed by atoms with Crippen LogP contribution in [-0.2, 0) is 4.79 Å². The first kappa shape index (κ1) is 11.2. The molecule has 1 rings (SSSR count). The largest absolute Gasteiger partial charge is 0.341 e. The number of hydrogen-bond acceptors (Lipinski definition) is 1. The molecule has 1 heterocycles. The molecule has 1 aliphatic heterocycles. The summed E-state index contributed by atoms with van der Waals surface area (Å²) in [6.07, 6.45) is 2.65. The van der Waals surface area contributed by atoms with Crippen molar-refractivity contribution in [3.8, 4) is 0 Å². The standard InChI is InChI=1S/C11H18FNO/c1-11(2,3)6-10(14)13-7-9(8-13)4-5-12/h4-5,9H,6-8H2,1-3H3/b5-4-. The summed E-state index contributed by atoms with van der Waals surface area (Å²) >= 11 is 0. The van der Waals surface area contributed by atoms with Crippen molar-refractivity contribution in [1.82, 2.24) is 4.90 Å². The lowest BCUT2D eigenvalue weighted by Crippen LogP contribution is -2.49. The molecule has 1 fully saturated rings. The monoisotopic (exact) mass is 199 g/mol. The van der Waals surface area contributed by atoms with Gasteiger partial charge in [-0.3, -0.25) is 4.79 Å². The number of amides is 1. The van der Waals surface area contributed by atoms with E-state index in [-0.39, 0.29) is 17.2 Å². The quantitative estimate of drug-likeness (QED) is 0.668. The normalized spacial score (nSPS) is 18.7. The highest BCUT2D eigenvalue weighted by atomic mass is 19.1. The van der Waals surface area contributed by atoms with Crippen molar-refractivity contribution in [3.63, 3.8) is 0 Å². The van der Waals surface area contributed by atoms with Crippen molar-refractivity contribution < 1.29 is 9.18 Å². The first-order valence-electron chi connectivity index (χ1n) is 4.97. The van der Waals surface area contributed by atoms with Crippen molar-refractivity contribution in [2.24, 2.45) is 11.3 Å². The van der Waals surface area contributed by atoms with Gasteiger partial charge >= 0.3 is 0 Å². The van der Waals surface area contributed by atoms with E-state index in [0.717, 1.165) is 0 Å². The number of halogens is 1. The van der Waals surface area contributed by atoms with Crippen LogP contribution in [-0.4, -0.2) is 23.9 Å². The third-order valence-electron chi connectivity index (χ3n) is 2.29. The smallest absolute Gasteiger partial charge is 0.223 e. The van der Waals surface area contributed by atoms with Gasteiger partial charge in [-0.25, -0.2) is 4.39 Å². The van der Waals surface area contributed by atoms with E-state index >= 15 is 0 Å². The molecule has 0 aromatic rings. The lowest BCUT2D eigenvalue weighted by atomic mass is 9.90. The Labute approximate surface area is 84.8 Å². The van der Waals surface area contributed by atoms with Crippen LogP contribution in [0.15, 0.2) is 12.4 Å². The third kappa shape index (κ3) is 3.13. The zero-order valence-corrected chi connectivity index (χ0v) is 9.09. The van der Waals surface area contributed by atoms with Gasteiger partial charge in [0.05, 0.1) is 6.33 Å². The summed E-state index contributed by atoms with van der Waals surface area (Å²) in [5.74, 6) is 0.407. The Morgan fingerprint density at radius 1 is 1.50 bits per heavy atom. The molecule has 1 amide bonds. The Hall–Kier alpha value is -0.860. The second-order valence-electron chi connectivity index (χ2n) is 5.11. The van der Waals surface area contributed by atoms with Crippen molar-refractivity contribution >= 4 is 5.91 Å². The number of nitrogens with zero attached hydrogens (tertiary/aromatic N) is 1. The van der Waals surface area contributed by atoms with Crippen LogP contribution in [0.2, 0.25) is 0 Å². The molecule has 0 N–H and O–H groups in total. The molecule has 0 spiro atoms. The average Bonchev–Trinajstić information content (AvgIpc) is 1.91. The molecule has 0 aromatic carbocycles. The fraction of sp³-hybridized carbons (Fsp3) is 0.727. The number of rotatable bonds is 2. The summed E-state index contributed by atoms with van der Waals surface area (Å²) in [6.45, 7) is 7.49. The maximum absolute atomic E-state index is 11.8. The van der Waals surface area contributed by atoms with Crippen molar-refractivity contribution in [2.45, 2.75) is 27.2 Å². The molecule has 0 saturated carbocycles. The summed E-state index contributed by atoms with van der Waals surface area (Å²) < 4.78 is 11.8. The number of hydrogen-bond donors (Lipinski definition) is 0. The predicted molar refractivity (Wildman–Crippen MR) is 54.4 cm³/mol. The Morgan fingerprint density at radius 3 is 2.50 bits per heavy atom. The van der Waals surface area contributed by atoms with Gasteiger partial charge in [-0.15, -0.1) is 0 Å². The van der Waals surface area contributed by atoms with Gasteiger partial charge in [-0.2, -0.15) is 0 Å². The molecule has 0 radical (unpaired) electrons. The molecular formula is C11H18FNO. The van der Waals surface area contributed by atoms with E-state index in [4.69, 9.17) is 0 Å². The first-order chi connectivity index (χ1) is 6.42. The van der Waals surface area contributed by atoms with Gasteiger partial charge in [0.15, 0.2) is 0 Å². The number of likely N-dealkylation sites (tertiary alicyclic amines) is 1. The van der Waals surface area contributed by atoms with Gasteiger partial charge in [0.2, 0.25) is 5.91 Å². The van der Waals surface area contributed by atoms with E-state index in [0.29, 0.717) is 25.8 Å². The topological polar surface area (TPSA) is 20.3 Å². The zero-order valence-electron chi connectivity index (χ0n) is 9.09. The molecule has 80 valence electrons. The zero-order chi connectivity index (χ0) is 10.8. The maximum atomic E-state index is 11.8. The summed E-state index contributed by atoms with van der Waals surface area (Å²) in [6, 6.07) is 0. The Balaban J connectivity index is 2.30. The number of carbonyl (C=O) groups excluding carboxylic acids is 1. The highest BCUT2D eigenvalue weighted by molar-refractivity contribution is 5.77.